The summed E-state index contributed by atoms with van der Waals surface area (Å²) in [6, 6.07) is 7.44. The van der Waals surface area contributed by atoms with Crippen molar-refractivity contribution in [1.29, 1.82) is 0 Å². The fraction of sp³-hybridized carbons (Fsp3) is 0.188. The van der Waals surface area contributed by atoms with E-state index in [1.807, 2.05) is 0 Å². The minimum atomic E-state index is -1.10. The summed E-state index contributed by atoms with van der Waals surface area (Å²) >= 11 is 1.17. The molecule has 2 aromatic rings. The van der Waals surface area contributed by atoms with E-state index in [2.05, 4.69) is 10.0 Å². The zero-order valence-electron chi connectivity index (χ0n) is 11.9. The molecule has 1 amide bonds. The van der Waals surface area contributed by atoms with Crippen molar-refractivity contribution < 1.29 is 18.0 Å². The Kier molecular flexibility index (Phi) is 4.58. The highest BCUT2D eigenvalue weighted by atomic mass is 32.2. The topological polar surface area (TPSA) is 41.1 Å². The predicted octanol–water partition coefficient (Wildman–Crippen LogP) is 4.12. The summed E-state index contributed by atoms with van der Waals surface area (Å²) in [6.07, 6.45) is 2.14. The molecule has 2 N–H and O–H groups in total. The Morgan fingerprint density at radius 3 is 2.43 bits per heavy atom. The fourth-order valence-corrected chi connectivity index (χ4v) is 2.73. The van der Waals surface area contributed by atoms with Crippen LogP contribution in [0.2, 0.25) is 0 Å². The molecule has 0 unspecified atom stereocenters. The molecule has 7 heteroatoms. The molecule has 0 radical (unpaired) electrons. The van der Waals surface area contributed by atoms with Crippen molar-refractivity contribution in [3.8, 4) is 0 Å². The van der Waals surface area contributed by atoms with Crippen LogP contribution in [0.1, 0.15) is 23.2 Å². The first-order valence-corrected chi connectivity index (χ1v) is 7.83. The van der Waals surface area contributed by atoms with E-state index in [-0.39, 0.29) is 5.56 Å². The summed E-state index contributed by atoms with van der Waals surface area (Å²) in [5, 5.41) is 2.54. The minimum absolute atomic E-state index is 0.0152. The number of hydrogen-bond donors (Lipinski definition) is 2. The predicted molar refractivity (Wildman–Crippen MR) is 82.7 cm³/mol. The summed E-state index contributed by atoms with van der Waals surface area (Å²) < 4.78 is 42.9. The number of nitrogens with one attached hydrogen (secondary N) is 2. The lowest BCUT2D eigenvalue weighted by atomic mass is 10.2. The zero-order valence-corrected chi connectivity index (χ0v) is 12.7. The van der Waals surface area contributed by atoms with Crippen LogP contribution in [0.25, 0.3) is 0 Å². The molecule has 0 spiro atoms. The fourth-order valence-electron chi connectivity index (χ4n) is 1.85. The Bertz CT molecular complexity index is 750. The lowest BCUT2D eigenvalue weighted by Gasteiger charge is -2.09. The van der Waals surface area contributed by atoms with Gasteiger partial charge in [0, 0.05) is 17.3 Å². The second-order valence-corrected chi connectivity index (χ2v) is 6.10. The van der Waals surface area contributed by atoms with Crippen LogP contribution in [0.15, 0.2) is 41.3 Å². The van der Waals surface area contributed by atoms with Gasteiger partial charge in [-0.3, -0.25) is 9.52 Å². The third kappa shape index (κ3) is 4.05. The Morgan fingerprint density at radius 2 is 1.74 bits per heavy atom. The van der Waals surface area contributed by atoms with Crippen LogP contribution < -0.4 is 10.0 Å². The van der Waals surface area contributed by atoms with Gasteiger partial charge in [-0.2, -0.15) is 0 Å². The Labute approximate surface area is 135 Å². The molecule has 120 valence electrons. The van der Waals surface area contributed by atoms with Crippen LogP contribution in [-0.4, -0.2) is 11.9 Å². The van der Waals surface area contributed by atoms with E-state index in [4.69, 9.17) is 0 Å². The standard InChI is InChI=1S/C16H13F3N2OS/c17-12-5-1-9(7-14(12)19)16(22)20-11-4-6-13(18)15(8-11)23-21-10-2-3-10/h1,4-8,10,21H,2-3H2,(H,20,22). The summed E-state index contributed by atoms with van der Waals surface area (Å²) in [7, 11) is 0. The maximum Gasteiger partial charge on any atom is 0.255 e. The number of rotatable bonds is 5. The number of anilines is 1. The average molecular weight is 338 g/mol. The molecule has 0 heterocycles. The first-order chi connectivity index (χ1) is 11.0. The van der Waals surface area contributed by atoms with Gasteiger partial charge in [-0.05, 0) is 61.2 Å². The monoisotopic (exact) mass is 338 g/mol. The van der Waals surface area contributed by atoms with E-state index in [1.165, 1.54) is 36.2 Å². The van der Waals surface area contributed by atoms with Gasteiger partial charge in [0.05, 0.1) is 4.90 Å². The van der Waals surface area contributed by atoms with E-state index in [1.54, 1.807) is 0 Å². The Hall–Kier alpha value is -1.99. The Balaban J connectivity index is 1.71. The normalized spacial score (nSPS) is 13.9. The van der Waals surface area contributed by atoms with Crippen molar-refractivity contribution >= 4 is 23.5 Å². The minimum Gasteiger partial charge on any atom is -0.322 e. The molecule has 2 aromatic carbocycles. The first kappa shape index (κ1) is 15.9. The molecule has 1 fully saturated rings. The van der Waals surface area contributed by atoms with Crippen molar-refractivity contribution in [2.24, 2.45) is 0 Å². The summed E-state index contributed by atoms with van der Waals surface area (Å²) in [5.74, 6) is -3.11. The third-order valence-electron chi connectivity index (χ3n) is 3.28. The smallest absolute Gasteiger partial charge is 0.255 e. The second-order valence-electron chi connectivity index (χ2n) is 5.22. The molecule has 1 aliphatic rings. The van der Waals surface area contributed by atoms with Gasteiger partial charge in [0.2, 0.25) is 0 Å². The van der Waals surface area contributed by atoms with Gasteiger partial charge in [-0.15, -0.1) is 0 Å². The molecule has 3 rings (SSSR count). The SMILES string of the molecule is O=C(Nc1ccc(F)c(SNC2CC2)c1)c1ccc(F)c(F)c1. The van der Waals surface area contributed by atoms with Crippen LogP contribution in [-0.2, 0) is 0 Å². The lowest BCUT2D eigenvalue weighted by Crippen LogP contribution is -2.13. The van der Waals surface area contributed by atoms with Crippen molar-refractivity contribution in [2.45, 2.75) is 23.8 Å². The van der Waals surface area contributed by atoms with Gasteiger partial charge in [-0.25, -0.2) is 13.2 Å². The van der Waals surface area contributed by atoms with Crippen LogP contribution in [0.3, 0.4) is 0 Å². The van der Waals surface area contributed by atoms with Crippen LogP contribution >= 0.6 is 11.9 Å². The van der Waals surface area contributed by atoms with E-state index in [9.17, 15) is 18.0 Å². The highest BCUT2D eigenvalue weighted by Gasteiger charge is 2.21. The number of halogens is 3. The number of carbonyl (C=O) groups is 1. The summed E-state index contributed by atoms with van der Waals surface area (Å²) in [5.41, 5.74) is 0.361. The van der Waals surface area contributed by atoms with Crippen molar-refractivity contribution in [2.75, 3.05) is 5.32 Å². The number of hydrogen-bond acceptors (Lipinski definition) is 3. The zero-order chi connectivity index (χ0) is 16.4. The summed E-state index contributed by atoms with van der Waals surface area (Å²) in [4.78, 5) is 12.4. The van der Waals surface area contributed by atoms with Gasteiger partial charge in [0.1, 0.15) is 5.82 Å². The van der Waals surface area contributed by atoms with Crippen LogP contribution in [0.4, 0.5) is 18.9 Å². The van der Waals surface area contributed by atoms with Gasteiger partial charge < -0.3 is 5.32 Å². The molecular weight excluding hydrogens is 325 g/mol. The van der Waals surface area contributed by atoms with E-state index in [0.717, 1.165) is 25.0 Å². The van der Waals surface area contributed by atoms with Gasteiger partial charge in [0.25, 0.3) is 5.91 Å². The molecular formula is C16H13F3N2OS. The molecule has 0 bridgehead atoms. The second kappa shape index (κ2) is 6.64. The maximum absolute atomic E-state index is 13.7. The third-order valence-corrected chi connectivity index (χ3v) is 4.27. The van der Waals surface area contributed by atoms with Gasteiger partial charge in [0.15, 0.2) is 11.6 Å². The van der Waals surface area contributed by atoms with Crippen molar-refractivity contribution in [1.82, 2.24) is 4.72 Å². The Morgan fingerprint density at radius 1 is 1.00 bits per heavy atom. The largest absolute Gasteiger partial charge is 0.322 e. The van der Waals surface area contributed by atoms with Crippen molar-refractivity contribution in [3.05, 3.63) is 59.4 Å². The highest BCUT2D eigenvalue weighted by molar-refractivity contribution is 7.97. The lowest BCUT2D eigenvalue weighted by molar-refractivity contribution is 0.102. The van der Waals surface area contributed by atoms with E-state index in [0.29, 0.717) is 16.6 Å². The molecule has 0 saturated heterocycles. The highest BCUT2D eigenvalue weighted by Crippen LogP contribution is 2.28. The van der Waals surface area contributed by atoms with Gasteiger partial charge >= 0.3 is 0 Å². The van der Waals surface area contributed by atoms with Crippen molar-refractivity contribution in [3.63, 3.8) is 0 Å². The number of amides is 1. The number of carbonyl (C=O) groups excluding carboxylic acids is 1. The number of benzene rings is 2. The van der Waals surface area contributed by atoms with Crippen LogP contribution in [0, 0.1) is 17.5 Å². The summed E-state index contributed by atoms with van der Waals surface area (Å²) in [6.45, 7) is 0. The molecule has 1 saturated carbocycles. The average Bonchev–Trinajstić information content (AvgIpc) is 3.34. The first-order valence-electron chi connectivity index (χ1n) is 7.01. The molecule has 0 aliphatic heterocycles. The van der Waals surface area contributed by atoms with E-state index < -0.39 is 23.4 Å². The quantitative estimate of drug-likeness (QED) is 0.806. The molecule has 0 atom stereocenters. The van der Waals surface area contributed by atoms with Crippen LogP contribution in [0.5, 0.6) is 0 Å². The molecule has 1 aliphatic carbocycles. The van der Waals surface area contributed by atoms with E-state index >= 15 is 0 Å². The maximum atomic E-state index is 13.7. The molecule has 3 nitrogen and oxygen atoms in total. The molecule has 23 heavy (non-hydrogen) atoms. The van der Waals surface area contributed by atoms with Gasteiger partial charge in [-0.1, -0.05) is 0 Å². The molecule has 0 aromatic heterocycles.